The van der Waals surface area contributed by atoms with E-state index < -0.39 is 0 Å². The number of nitrogens with one attached hydrogen (secondary N) is 2. The summed E-state index contributed by atoms with van der Waals surface area (Å²) in [5, 5.41) is 7.00. The summed E-state index contributed by atoms with van der Waals surface area (Å²) in [6, 6.07) is 8.77. The van der Waals surface area contributed by atoms with Crippen LogP contribution >= 0.6 is 0 Å². The number of nitrogens with zero attached hydrogens (tertiary/aromatic N) is 4. The minimum absolute atomic E-state index is 0.289. The Labute approximate surface area is 195 Å². The van der Waals surface area contributed by atoms with Gasteiger partial charge in [0.15, 0.2) is 5.96 Å². The Bertz CT molecular complexity index is 691. The Hall–Kier alpha value is -1.83. The Kier molecular flexibility index (Phi) is 10.6. The van der Waals surface area contributed by atoms with Crippen LogP contribution in [0.2, 0.25) is 0 Å². The van der Waals surface area contributed by atoms with Crippen molar-refractivity contribution in [3.63, 3.8) is 0 Å². The van der Waals surface area contributed by atoms with Gasteiger partial charge in [0.25, 0.3) is 0 Å². The normalized spacial score (nSPS) is 20.2. The molecule has 1 aromatic rings. The molecule has 32 heavy (non-hydrogen) atoms. The second kappa shape index (κ2) is 13.7. The summed E-state index contributed by atoms with van der Waals surface area (Å²) in [7, 11) is 3.96. The van der Waals surface area contributed by atoms with Crippen LogP contribution in [0, 0.1) is 0 Å². The zero-order valence-electron chi connectivity index (χ0n) is 20.5. The van der Waals surface area contributed by atoms with Gasteiger partial charge in [-0.1, -0.05) is 12.1 Å². The Morgan fingerprint density at radius 2 is 1.91 bits per heavy atom. The van der Waals surface area contributed by atoms with Gasteiger partial charge < -0.3 is 25.2 Å². The van der Waals surface area contributed by atoms with E-state index in [4.69, 9.17) is 9.73 Å². The highest BCUT2D eigenvalue weighted by Gasteiger charge is 2.23. The Morgan fingerprint density at radius 1 is 1.06 bits per heavy atom. The van der Waals surface area contributed by atoms with Gasteiger partial charge in [0, 0.05) is 26.2 Å². The van der Waals surface area contributed by atoms with Gasteiger partial charge in [0.2, 0.25) is 0 Å². The number of aliphatic imine (C=N–C) groups is 1. The molecule has 0 saturated carbocycles. The second-order valence-electron chi connectivity index (χ2n) is 9.03. The maximum Gasteiger partial charge on any atom is 0.191 e. The first-order valence-corrected chi connectivity index (χ1v) is 12.5. The van der Waals surface area contributed by atoms with E-state index in [0.29, 0.717) is 0 Å². The molecule has 1 unspecified atom stereocenters. The van der Waals surface area contributed by atoms with E-state index in [2.05, 4.69) is 57.5 Å². The Balaban J connectivity index is 1.54. The summed E-state index contributed by atoms with van der Waals surface area (Å²) in [5.41, 5.74) is 1.29. The number of hydrogen-bond donors (Lipinski definition) is 2. The lowest BCUT2D eigenvalue weighted by atomic mass is 10.1. The number of methoxy groups -OCH3 is 1. The third kappa shape index (κ3) is 7.94. The number of benzene rings is 1. The molecule has 1 atom stereocenters. The number of hydrogen-bond acceptors (Lipinski definition) is 5. The van der Waals surface area contributed by atoms with Gasteiger partial charge in [-0.2, -0.15) is 0 Å². The molecule has 0 aromatic heterocycles. The molecule has 0 spiro atoms. The average Bonchev–Trinajstić information content (AvgIpc) is 3.26. The molecule has 2 aliphatic heterocycles. The zero-order chi connectivity index (χ0) is 22.6. The minimum Gasteiger partial charge on any atom is -0.497 e. The fourth-order valence-electron chi connectivity index (χ4n) is 4.69. The summed E-state index contributed by atoms with van der Waals surface area (Å²) >= 11 is 0. The van der Waals surface area contributed by atoms with Crippen LogP contribution in [0.25, 0.3) is 0 Å². The van der Waals surface area contributed by atoms with Crippen molar-refractivity contribution in [2.45, 2.75) is 38.6 Å². The van der Waals surface area contributed by atoms with Crippen molar-refractivity contribution < 1.29 is 4.74 Å². The molecular weight excluding hydrogens is 400 g/mol. The largest absolute Gasteiger partial charge is 0.497 e. The van der Waals surface area contributed by atoms with Crippen molar-refractivity contribution in [1.82, 2.24) is 25.3 Å². The summed E-state index contributed by atoms with van der Waals surface area (Å²) < 4.78 is 5.48. The predicted molar refractivity (Wildman–Crippen MR) is 134 cm³/mol. The SMILES string of the molecule is CCNC(=NCC(c1cccc(OC)c1)N1CCCC1)NCCCN1CCCN(C)CC1. The number of likely N-dealkylation sites (N-methyl/N-ethyl adjacent to an activating group) is 1. The standard InChI is InChI=1S/C25H44N6O/c1-4-26-25(27-12-8-14-30-15-9-13-29(2)18-19-30)28-21-24(31-16-5-6-17-31)22-10-7-11-23(20-22)32-3/h7,10-11,20,24H,4-6,8-9,12-19,21H2,1-3H3,(H2,26,27,28). The second-order valence-corrected chi connectivity index (χ2v) is 9.03. The van der Waals surface area contributed by atoms with Gasteiger partial charge in [0.1, 0.15) is 5.75 Å². The molecule has 2 saturated heterocycles. The molecule has 2 aliphatic rings. The molecule has 0 amide bonds. The molecule has 0 aliphatic carbocycles. The van der Waals surface area contributed by atoms with Crippen LogP contribution < -0.4 is 15.4 Å². The first-order chi connectivity index (χ1) is 15.7. The molecular formula is C25H44N6O. The third-order valence-electron chi connectivity index (χ3n) is 6.58. The number of likely N-dealkylation sites (tertiary alicyclic amines) is 1. The van der Waals surface area contributed by atoms with Crippen molar-refractivity contribution in [3.05, 3.63) is 29.8 Å². The highest BCUT2D eigenvalue weighted by Crippen LogP contribution is 2.27. The molecule has 2 N–H and O–H groups in total. The van der Waals surface area contributed by atoms with Crippen molar-refractivity contribution in [2.24, 2.45) is 4.99 Å². The highest BCUT2D eigenvalue weighted by atomic mass is 16.5. The smallest absolute Gasteiger partial charge is 0.191 e. The van der Waals surface area contributed by atoms with Gasteiger partial charge in [-0.25, -0.2) is 0 Å². The molecule has 0 radical (unpaired) electrons. The van der Waals surface area contributed by atoms with E-state index in [1.54, 1.807) is 7.11 Å². The van der Waals surface area contributed by atoms with Crippen LogP contribution in [-0.2, 0) is 0 Å². The first-order valence-electron chi connectivity index (χ1n) is 12.5. The molecule has 7 nitrogen and oxygen atoms in total. The van der Waals surface area contributed by atoms with Gasteiger partial charge in [0.05, 0.1) is 19.7 Å². The van der Waals surface area contributed by atoms with Crippen molar-refractivity contribution in [2.75, 3.05) is 79.6 Å². The van der Waals surface area contributed by atoms with E-state index in [1.165, 1.54) is 51.0 Å². The quantitative estimate of drug-likeness (QED) is 0.328. The zero-order valence-corrected chi connectivity index (χ0v) is 20.5. The van der Waals surface area contributed by atoms with E-state index in [1.807, 2.05) is 6.07 Å². The molecule has 180 valence electrons. The van der Waals surface area contributed by atoms with Crippen LogP contribution in [0.3, 0.4) is 0 Å². The van der Waals surface area contributed by atoms with Gasteiger partial charge >= 0.3 is 0 Å². The average molecular weight is 445 g/mol. The van der Waals surface area contributed by atoms with Crippen molar-refractivity contribution in [1.29, 1.82) is 0 Å². The van der Waals surface area contributed by atoms with E-state index in [9.17, 15) is 0 Å². The number of rotatable bonds is 10. The van der Waals surface area contributed by atoms with Crippen LogP contribution in [0.15, 0.2) is 29.3 Å². The van der Waals surface area contributed by atoms with Gasteiger partial charge in [-0.3, -0.25) is 9.89 Å². The maximum atomic E-state index is 5.48. The maximum absolute atomic E-state index is 5.48. The molecule has 3 rings (SSSR count). The highest BCUT2D eigenvalue weighted by molar-refractivity contribution is 5.79. The third-order valence-corrected chi connectivity index (χ3v) is 6.58. The van der Waals surface area contributed by atoms with E-state index >= 15 is 0 Å². The number of ether oxygens (including phenoxy) is 1. The molecule has 7 heteroatoms. The minimum atomic E-state index is 0.289. The van der Waals surface area contributed by atoms with E-state index in [-0.39, 0.29) is 6.04 Å². The van der Waals surface area contributed by atoms with Crippen LogP contribution in [0.5, 0.6) is 5.75 Å². The van der Waals surface area contributed by atoms with Gasteiger partial charge in [-0.15, -0.1) is 0 Å². The fraction of sp³-hybridized carbons (Fsp3) is 0.720. The van der Waals surface area contributed by atoms with Crippen LogP contribution in [0.4, 0.5) is 0 Å². The topological polar surface area (TPSA) is 55.4 Å². The summed E-state index contributed by atoms with van der Waals surface area (Å²) in [6.07, 6.45) is 4.96. The van der Waals surface area contributed by atoms with Crippen LogP contribution in [-0.4, -0.2) is 100 Å². The van der Waals surface area contributed by atoms with E-state index in [0.717, 1.165) is 57.4 Å². The lowest BCUT2D eigenvalue weighted by Gasteiger charge is -2.27. The predicted octanol–water partition coefficient (Wildman–Crippen LogP) is 2.41. The molecule has 0 bridgehead atoms. The molecule has 2 fully saturated rings. The van der Waals surface area contributed by atoms with Crippen LogP contribution in [0.1, 0.15) is 44.2 Å². The molecule has 1 aromatic carbocycles. The summed E-state index contributed by atoms with van der Waals surface area (Å²) in [5.74, 6) is 1.84. The van der Waals surface area contributed by atoms with Gasteiger partial charge in [-0.05, 0) is 90.1 Å². The molecule has 2 heterocycles. The first kappa shape index (κ1) is 24.8. The summed E-state index contributed by atoms with van der Waals surface area (Å²) in [6.45, 7) is 12.9. The van der Waals surface area contributed by atoms with Crippen molar-refractivity contribution >= 4 is 5.96 Å². The van der Waals surface area contributed by atoms with Crippen molar-refractivity contribution in [3.8, 4) is 5.75 Å². The fourth-order valence-corrected chi connectivity index (χ4v) is 4.69. The monoisotopic (exact) mass is 444 g/mol. The lowest BCUT2D eigenvalue weighted by molar-refractivity contribution is 0.251. The number of guanidine groups is 1. The lowest BCUT2D eigenvalue weighted by Crippen LogP contribution is -2.40. The Morgan fingerprint density at radius 3 is 2.69 bits per heavy atom. The summed E-state index contributed by atoms with van der Waals surface area (Å²) in [4.78, 5) is 12.6.